The maximum Gasteiger partial charge on any atom is 0.303 e. The Morgan fingerprint density at radius 1 is 1.46 bits per heavy atom. The van der Waals surface area contributed by atoms with Crippen LogP contribution in [0.25, 0.3) is 0 Å². The number of aromatic nitrogens is 1. The normalized spacial score (nSPS) is 9.92. The number of carboxylic acids is 1. The summed E-state index contributed by atoms with van der Waals surface area (Å²) in [6.07, 6.45) is 3.89. The average Bonchev–Trinajstić information content (AvgIpc) is 2.08. The Hall–Kier alpha value is -1.45. The van der Waals surface area contributed by atoms with Crippen molar-refractivity contribution in [1.29, 1.82) is 0 Å². The largest absolute Gasteiger partial charge is 0.481 e. The second-order valence-corrected chi connectivity index (χ2v) is 2.75. The molecule has 13 heavy (non-hydrogen) atoms. The number of hydrogen-bond donors (Lipinski definition) is 1. The molecule has 1 rings (SSSR count). The molecule has 0 aromatic carbocycles. The van der Waals surface area contributed by atoms with Gasteiger partial charge in [0.15, 0.2) is 12.4 Å². The van der Waals surface area contributed by atoms with Crippen LogP contribution in [0.1, 0.15) is 12.8 Å². The summed E-state index contributed by atoms with van der Waals surface area (Å²) < 4.78 is 14.2. The van der Waals surface area contributed by atoms with Crippen molar-refractivity contribution in [3.63, 3.8) is 0 Å². The highest BCUT2D eigenvalue weighted by atomic mass is 19.1. The predicted molar refractivity (Wildman–Crippen MR) is 43.5 cm³/mol. The van der Waals surface area contributed by atoms with E-state index in [-0.39, 0.29) is 12.2 Å². The highest BCUT2D eigenvalue weighted by Gasteiger charge is 2.02. The molecule has 1 aromatic heterocycles. The molecule has 0 unspecified atom stereocenters. The second-order valence-electron chi connectivity index (χ2n) is 2.75. The number of nitrogens with zero attached hydrogens (tertiary/aromatic N) is 1. The van der Waals surface area contributed by atoms with Crippen molar-refractivity contribution in [3.05, 3.63) is 30.3 Å². The van der Waals surface area contributed by atoms with Crippen LogP contribution in [0, 0.1) is 5.82 Å². The molecule has 4 heteroatoms. The van der Waals surface area contributed by atoms with Crippen LogP contribution in [0.4, 0.5) is 4.39 Å². The second kappa shape index (κ2) is 4.54. The van der Waals surface area contributed by atoms with Crippen molar-refractivity contribution < 1.29 is 18.9 Å². The van der Waals surface area contributed by atoms with E-state index >= 15 is 0 Å². The number of pyridine rings is 1. The van der Waals surface area contributed by atoms with E-state index in [0.29, 0.717) is 13.0 Å². The molecule has 0 saturated carbocycles. The van der Waals surface area contributed by atoms with E-state index in [9.17, 15) is 9.18 Å². The van der Waals surface area contributed by atoms with Gasteiger partial charge in [-0.1, -0.05) is 0 Å². The van der Waals surface area contributed by atoms with E-state index in [0.717, 1.165) is 0 Å². The summed E-state index contributed by atoms with van der Waals surface area (Å²) in [7, 11) is 0. The Bertz CT molecular complexity index is 284. The number of halogens is 1. The number of aliphatic carboxylic acids is 1. The van der Waals surface area contributed by atoms with Crippen molar-refractivity contribution in [2.45, 2.75) is 19.4 Å². The van der Waals surface area contributed by atoms with Gasteiger partial charge in [-0.3, -0.25) is 4.79 Å². The highest BCUT2D eigenvalue weighted by molar-refractivity contribution is 5.66. The van der Waals surface area contributed by atoms with Gasteiger partial charge in [0.25, 0.3) is 0 Å². The van der Waals surface area contributed by atoms with E-state index < -0.39 is 5.97 Å². The summed E-state index contributed by atoms with van der Waals surface area (Å²) in [5.41, 5.74) is 0. The highest BCUT2D eigenvalue weighted by Crippen LogP contribution is 1.92. The van der Waals surface area contributed by atoms with E-state index in [1.807, 2.05) is 0 Å². The Kier molecular flexibility index (Phi) is 3.37. The lowest BCUT2D eigenvalue weighted by molar-refractivity contribution is -0.697. The summed E-state index contributed by atoms with van der Waals surface area (Å²) >= 11 is 0. The first-order chi connectivity index (χ1) is 6.18. The van der Waals surface area contributed by atoms with Gasteiger partial charge in [-0.25, -0.2) is 8.96 Å². The molecule has 0 amide bonds. The van der Waals surface area contributed by atoms with Gasteiger partial charge in [-0.15, -0.1) is 0 Å². The average molecular weight is 184 g/mol. The first kappa shape index (κ1) is 9.64. The SMILES string of the molecule is O=C(O)CCC[n+]1ccc(F)cc1. The fraction of sp³-hybridized carbons (Fsp3) is 0.333. The van der Waals surface area contributed by atoms with Crippen molar-refractivity contribution in [3.8, 4) is 0 Å². The third kappa shape index (κ3) is 3.64. The predicted octanol–water partition coefficient (Wildman–Crippen LogP) is 0.978. The first-order valence-electron chi connectivity index (χ1n) is 4.05. The molecule has 0 radical (unpaired) electrons. The molecule has 0 aliphatic rings. The lowest BCUT2D eigenvalue weighted by atomic mass is 10.3. The summed E-state index contributed by atoms with van der Waals surface area (Å²) in [4.78, 5) is 10.2. The standard InChI is InChI=1S/C9H10FNO2/c10-8-3-6-11(7-4-8)5-1-2-9(12)13/h3-4,6-7H,1-2,5H2/p+1. The first-order valence-corrected chi connectivity index (χ1v) is 4.05. The molecule has 3 nitrogen and oxygen atoms in total. The van der Waals surface area contributed by atoms with Crippen LogP contribution in [-0.2, 0) is 11.3 Å². The van der Waals surface area contributed by atoms with Crippen LogP contribution >= 0.6 is 0 Å². The summed E-state index contributed by atoms with van der Waals surface area (Å²) in [6, 6.07) is 2.70. The molecular weight excluding hydrogens is 173 g/mol. The molecule has 0 fully saturated rings. The molecule has 0 aliphatic carbocycles. The third-order valence-corrected chi connectivity index (χ3v) is 1.66. The van der Waals surface area contributed by atoms with Crippen molar-refractivity contribution >= 4 is 5.97 Å². The van der Waals surface area contributed by atoms with E-state index in [4.69, 9.17) is 5.11 Å². The zero-order valence-corrected chi connectivity index (χ0v) is 7.11. The van der Waals surface area contributed by atoms with Crippen LogP contribution in [0.15, 0.2) is 24.5 Å². The molecule has 0 atom stereocenters. The van der Waals surface area contributed by atoms with Gasteiger partial charge in [0.05, 0.1) is 6.42 Å². The van der Waals surface area contributed by atoms with Crippen molar-refractivity contribution in [1.82, 2.24) is 0 Å². The zero-order chi connectivity index (χ0) is 9.68. The maximum atomic E-state index is 12.4. The van der Waals surface area contributed by atoms with Gasteiger partial charge in [0, 0.05) is 18.6 Å². The number of hydrogen-bond acceptors (Lipinski definition) is 1. The minimum absolute atomic E-state index is 0.143. The molecule has 1 aromatic rings. The Balaban J connectivity index is 2.37. The minimum Gasteiger partial charge on any atom is -0.481 e. The zero-order valence-electron chi connectivity index (χ0n) is 7.11. The number of aryl methyl sites for hydroxylation is 1. The summed E-state index contributed by atoms with van der Waals surface area (Å²) in [5.74, 6) is -1.09. The van der Waals surface area contributed by atoms with Crippen LogP contribution in [0.3, 0.4) is 0 Å². The minimum atomic E-state index is -0.803. The van der Waals surface area contributed by atoms with E-state index in [1.54, 1.807) is 17.0 Å². The number of carbonyl (C=O) groups is 1. The van der Waals surface area contributed by atoms with E-state index in [1.165, 1.54) is 12.1 Å². The maximum absolute atomic E-state index is 12.4. The van der Waals surface area contributed by atoms with Crippen LogP contribution in [0.2, 0.25) is 0 Å². The Morgan fingerprint density at radius 2 is 2.08 bits per heavy atom. The fourth-order valence-corrected chi connectivity index (χ4v) is 1.00. The molecule has 0 aliphatic heterocycles. The lowest BCUT2D eigenvalue weighted by Crippen LogP contribution is -2.32. The number of carboxylic acid groups (broad SMARTS) is 1. The molecule has 0 bridgehead atoms. The molecule has 0 saturated heterocycles. The van der Waals surface area contributed by atoms with Crippen LogP contribution < -0.4 is 4.57 Å². The van der Waals surface area contributed by atoms with E-state index in [2.05, 4.69) is 0 Å². The van der Waals surface area contributed by atoms with Crippen molar-refractivity contribution in [2.24, 2.45) is 0 Å². The molecule has 0 spiro atoms. The van der Waals surface area contributed by atoms with Gasteiger partial charge in [0.1, 0.15) is 12.4 Å². The number of rotatable bonds is 4. The third-order valence-electron chi connectivity index (χ3n) is 1.66. The topological polar surface area (TPSA) is 41.2 Å². The molecule has 70 valence electrons. The molecular formula is C9H11FNO2+. The fourth-order valence-electron chi connectivity index (χ4n) is 1.00. The molecule has 1 N–H and O–H groups in total. The summed E-state index contributed by atoms with van der Waals surface area (Å²) in [6.45, 7) is 0.604. The lowest BCUT2D eigenvalue weighted by Gasteiger charge is -1.94. The van der Waals surface area contributed by atoms with Crippen LogP contribution in [0.5, 0.6) is 0 Å². The Morgan fingerprint density at radius 3 is 2.62 bits per heavy atom. The van der Waals surface area contributed by atoms with Gasteiger partial charge in [-0.05, 0) is 0 Å². The van der Waals surface area contributed by atoms with Gasteiger partial charge >= 0.3 is 5.97 Å². The van der Waals surface area contributed by atoms with Crippen LogP contribution in [-0.4, -0.2) is 11.1 Å². The van der Waals surface area contributed by atoms with Gasteiger partial charge in [0.2, 0.25) is 0 Å². The van der Waals surface area contributed by atoms with Gasteiger partial charge in [-0.2, -0.15) is 0 Å². The van der Waals surface area contributed by atoms with Gasteiger partial charge < -0.3 is 5.11 Å². The smallest absolute Gasteiger partial charge is 0.303 e. The summed E-state index contributed by atoms with van der Waals surface area (Å²) in [5, 5.41) is 8.37. The van der Waals surface area contributed by atoms with Crippen molar-refractivity contribution in [2.75, 3.05) is 0 Å². The molecule has 1 heterocycles. The quantitative estimate of drug-likeness (QED) is 0.708. The Labute approximate surface area is 75.4 Å². The monoisotopic (exact) mass is 184 g/mol.